The molecule has 1 fully saturated rings. The van der Waals surface area contributed by atoms with Crippen LogP contribution in [0.3, 0.4) is 0 Å². The molecule has 0 N–H and O–H groups in total. The minimum atomic E-state index is -1.98. The van der Waals surface area contributed by atoms with E-state index < -0.39 is 8.24 Å². The maximum Gasteiger partial charge on any atom is 0.171 e. The Morgan fingerprint density at radius 1 is 1.00 bits per heavy atom. The Bertz CT molecular complexity index is 1140. The van der Waals surface area contributed by atoms with E-state index in [4.69, 9.17) is 16.6 Å². The molecule has 35 heavy (non-hydrogen) atoms. The molecule has 0 aliphatic carbocycles. The number of hydrogen-bond acceptors (Lipinski definition) is 3. The summed E-state index contributed by atoms with van der Waals surface area (Å²) in [5.74, 6) is 0.196. The Kier molecular flexibility index (Phi) is 7.89. The van der Waals surface area contributed by atoms with E-state index in [1.807, 2.05) is 0 Å². The van der Waals surface area contributed by atoms with Crippen molar-refractivity contribution in [3.63, 3.8) is 0 Å². The second-order valence-corrected chi connectivity index (χ2v) is 17.3. The highest BCUT2D eigenvalue weighted by atomic mass is 35.5. The standard InChI is InChI=1S/C29H40ClN3OSi/c1-20(2)35(21(3)4,22(5)6)33-17-14-25-27(26(30)18-31-29(25)33)28(34)24-12-15-32(16-13-24)19-23-10-8-7-9-11-23/h7-11,14,17-18,20-22,24H,12-13,15-16,19H2,1-6H3. The summed E-state index contributed by atoms with van der Waals surface area (Å²) < 4.78 is 2.47. The number of piperidine rings is 1. The largest absolute Gasteiger partial charge is 0.359 e. The molecule has 0 bridgehead atoms. The highest BCUT2D eigenvalue weighted by Crippen LogP contribution is 2.44. The van der Waals surface area contributed by atoms with Gasteiger partial charge in [-0.1, -0.05) is 83.5 Å². The molecule has 4 nitrogen and oxygen atoms in total. The number of ketones is 1. The molecule has 0 unspecified atom stereocenters. The lowest BCUT2D eigenvalue weighted by Gasteiger charge is -2.44. The van der Waals surface area contributed by atoms with Gasteiger partial charge in [0.1, 0.15) is 5.65 Å². The van der Waals surface area contributed by atoms with Crippen LogP contribution in [0.5, 0.6) is 0 Å². The van der Waals surface area contributed by atoms with E-state index in [9.17, 15) is 4.79 Å². The smallest absolute Gasteiger partial charge is 0.171 e. The van der Waals surface area contributed by atoms with Crippen molar-refractivity contribution in [1.29, 1.82) is 0 Å². The molecule has 0 atom stereocenters. The van der Waals surface area contributed by atoms with Gasteiger partial charge in [-0.2, -0.15) is 0 Å². The lowest BCUT2D eigenvalue weighted by molar-refractivity contribution is 0.0836. The number of fused-ring (bicyclic) bond motifs is 1. The highest BCUT2D eigenvalue weighted by Gasteiger charge is 2.46. The number of aromatic nitrogens is 2. The molecule has 1 aliphatic rings. The molecule has 0 amide bonds. The lowest BCUT2D eigenvalue weighted by Crippen LogP contribution is -2.51. The van der Waals surface area contributed by atoms with Gasteiger partial charge in [0.2, 0.25) is 0 Å². The Hall–Kier alpha value is -1.95. The zero-order chi connectivity index (χ0) is 25.3. The van der Waals surface area contributed by atoms with Crippen LogP contribution in [0.4, 0.5) is 0 Å². The van der Waals surface area contributed by atoms with Crippen LogP contribution in [0, 0.1) is 5.92 Å². The van der Waals surface area contributed by atoms with E-state index >= 15 is 0 Å². The zero-order valence-electron chi connectivity index (χ0n) is 22.1. The Labute approximate surface area is 216 Å². The maximum absolute atomic E-state index is 13.8. The summed E-state index contributed by atoms with van der Waals surface area (Å²) in [6, 6.07) is 12.7. The number of carbonyl (C=O) groups excluding carboxylic acids is 1. The molecule has 4 rings (SSSR count). The van der Waals surface area contributed by atoms with Crippen LogP contribution in [0.1, 0.15) is 70.3 Å². The van der Waals surface area contributed by atoms with Gasteiger partial charge in [-0.05, 0) is 60.4 Å². The van der Waals surface area contributed by atoms with Crippen molar-refractivity contribution in [3.05, 3.63) is 64.9 Å². The predicted octanol–water partition coefficient (Wildman–Crippen LogP) is 7.81. The van der Waals surface area contributed by atoms with Crippen LogP contribution in [-0.4, -0.2) is 41.2 Å². The average molecular weight is 510 g/mol. The molecule has 188 valence electrons. The number of halogens is 1. The lowest BCUT2D eigenvalue weighted by atomic mass is 9.88. The van der Waals surface area contributed by atoms with Crippen molar-refractivity contribution in [2.75, 3.05) is 13.1 Å². The van der Waals surface area contributed by atoms with Crippen LogP contribution >= 0.6 is 11.6 Å². The first-order valence-corrected chi connectivity index (χ1v) is 15.7. The summed E-state index contributed by atoms with van der Waals surface area (Å²) >= 11 is 6.67. The fraction of sp³-hybridized carbons (Fsp3) is 0.517. The van der Waals surface area contributed by atoms with Crippen molar-refractivity contribution < 1.29 is 4.79 Å². The van der Waals surface area contributed by atoms with Crippen molar-refractivity contribution >= 4 is 36.7 Å². The molecule has 1 saturated heterocycles. The Morgan fingerprint density at radius 3 is 2.17 bits per heavy atom. The molecule has 0 spiro atoms. The molecule has 3 heterocycles. The number of pyridine rings is 1. The molecule has 2 aromatic heterocycles. The third kappa shape index (κ3) is 4.75. The Balaban J connectivity index is 1.62. The first kappa shape index (κ1) is 26.1. The van der Waals surface area contributed by atoms with Crippen LogP contribution in [-0.2, 0) is 6.54 Å². The molecule has 1 aromatic carbocycles. The van der Waals surface area contributed by atoms with E-state index in [0.29, 0.717) is 27.2 Å². The fourth-order valence-corrected chi connectivity index (χ4v) is 13.6. The van der Waals surface area contributed by atoms with Gasteiger partial charge < -0.3 is 4.23 Å². The second kappa shape index (κ2) is 10.6. The van der Waals surface area contributed by atoms with Gasteiger partial charge in [0.05, 0.1) is 5.02 Å². The van der Waals surface area contributed by atoms with Gasteiger partial charge in [-0.25, -0.2) is 4.98 Å². The highest BCUT2D eigenvalue weighted by molar-refractivity contribution is 6.82. The number of likely N-dealkylation sites (tertiary alicyclic amines) is 1. The quantitative estimate of drug-likeness (QED) is 0.229. The van der Waals surface area contributed by atoms with Gasteiger partial charge in [0.15, 0.2) is 14.0 Å². The molecule has 3 aromatic rings. The maximum atomic E-state index is 13.8. The fourth-order valence-electron chi connectivity index (χ4n) is 6.86. The van der Waals surface area contributed by atoms with Crippen LogP contribution in [0.25, 0.3) is 11.0 Å². The molecule has 0 saturated carbocycles. The SMILES string of the molecule is CC(C)[Si](C(C)C)(C(C)C)n1ccc2c(C(=O)C3CCN(Cc4ccccc4)CC3)c(Cl)cnc21. The van der Waals surface area contributed by atoms with Gasteiger partial charge in [-0.15, -0.1) is 0 Å². The summed E-state index contributed by atoms with van der Waals surface area (Å²) in [6.07, 6.45) is 5.64. The summed E-state index contributed by atoms with van der Waals surface area (Å²) in [5.41, 5.74) is 4.57. The second-order valence-electron chi connectivity index (χ2n) is 11.2. The first-order chi connectivity index (χ1) is 16.7. The minimum absolute atomic E-state index is 0.00997. The number of rotatable bonds is 8. The van der Waals surface area contributed by atoms with Crippen molar-refractivity contribution in [3.8, 4) is 0 Å². The van der Waals surface area contributed by atoms with Gasteiger partial charge >= 0.3 is 0 Å². The summed E-state index contributed by atoms with van der Waals surface area (Å²) in [4.78, 5) is 21.1. The van der Waals surface area contributed by atoms with E-state index in [2.05, 4.69) is 93.3 Å². The van der Waals surface area contributed by atoms with E-state index in [1.54, 1.807) is 6.20 Å². The minimum Gasteiger partial charge on any atom is -0.359 e. The van der Waals surface area contributed by atoms with E-state index in [1.165, 1.54) is 5.56 Å². The first-order valence-electron chi connectivity index (χ1n) is 13.1. The number of benzene rings is 1. The average Bonchev–Trinajstić information content (AvgIpc) is 3.23. The number of hydrogen-bond donors (Lipinski definition) is 0. The zero-order valence-corrected chi connectivity index (χ0v) is 23.8. The third-order valence-electron chi connectivity index (χ3n) is 8.31. The number of Topliss-reactive ketones (excluding diaryl/α,β-unsaturated/α-hetero) is 1. The summed E-state index contributed by atoms with van der Waals surface area (Å²) in [5, 5.41) is 1.41. The summed E-state index contributed by atoms with van der Waals surface area (Å²) in [7, 11) is -1.98. The summed E-state index contributed by atoms with van der Waals surface area (Å²) in [6.45, 7) is 16.9. The monoisotopic (exact) mass is 509 g/mol. The van der Waals surface area contributed by atoms with Gasteiger partial charge in [0.25, 0.3) is 0 Å². The van der Waals surface area contributed by atoms with Crippen LogP contribution < -0.4 is 0 Å². The van der Waals surface area contributed by atoms with Crippen LogP contribution in [0.2, 0.25) is 21.6 Å². The van der Waals surface area contributed by atoms with Crippen LogP contribution in [0.15, 0.2) is 48.8 Å². The molecular weight excluding hydrogens is 470 g/mol. The number of nitrogens with zero attached hydrogens (tertiary/aromatic N) is 3. The molecule has 1 aliphatic heterocycles. The molecular formula is C29H40ClN3OSi. The Morgan fingerprint density at radius 2 is 1.60 bits per heavy atom. The molecule has 6 heteroatoms. The van der Waals surface area contributed by atoms with Crippen molar-refractivity contribution in [2.45, 2.75) is 77.6 Å². The van der Waals surface area contributed by atoms with Gasteiger partial charge in [-0.3, -0.25) is 9.69 Å². The van der Waals surface area contributed by atoms with E-state index in [-0.39, 0.29) is 11.7 Å². The topological polar surface area (TPSA) is 38.1 Å². The van der Waals surface area contributed by atoms with Gasteiger partial charge in [0, 0.05) is 29.6 Å². The predicted molar refractivity (Wildman–Crippen MR) is 150 cm³/mol. The third-order valence-corrected chi connectivity index (χ3v) is 15.3. The van der Waals surface area contributed by atoms with E-state index in [0.717, 1.165) is 43.5 Å². The number of carbonyl (C=O) groups is 1. The molecule has 0 radical (unpaired) electrons. The van der Waals surface area contributed by atoms with Crippen molar-refractivity contribution in [1.82, 2.24) is 14.1 Å². The van der Waals surface area contributed by atoms with Crippen molar-refractivity contribution in [2.24, 2.45) is 5.92 Å². The normalized spacial score (nSPS) is 16.2.